The molecule has 0 aliphatic carbocycles. The molecule has 100 valence electrons. The van der Waals surface area contributed by atoms with E-state index < -0.39 is 0 Å². The van der Waals surface area contributed by atoms with E-state index in [1.807, 2.05) is 6.92 Å². The molecule has 2 heterocycles. The Morgan fingerprint density at radius 1 is 1.28 bits per heavy atom. The summed E-state index contributed by atoms with van der Waals surface area (Å²) < 4.78 is 5.51. The standard InChI is InChI=1S/C11H18ClN5O/c1-2-13-10-14-9(12)15-11(16-10)18-8-7-17-5-3-4-6-17/h2-8H2,1H3,(H,13,14,15,16). The van der Waals surface area contributed by atoms with Crippen molar-refractivity contribution in [2.75, 3.05) is 38.1 Å². The third-order valence-electron chi connectivity index (χ3n) is 2.76. The summed E-state index contributed by atoms with van der Waals surface area (Å²) in [4.78, 5) is 14.4. The van der Waals surface area contributed by atoms with Gasteiger partial charge in [-0.05, 0) is 44.5 Å². The van der Waals surface area contributed by atoms with Gasteiger partial charge in [0.25, 0.3) is 0 Å². The van der Waals surface area contributed by atoms with Gasteiger partial charge in [0, 0.05) is 13.1 Å². The van der Waals surface area contributed by atoms with Crippen molar-refractivity contribution in [3.8, 4) is 6.01 Å². The SMILES string of the molecule is CCNc1nc(Cl)nc(OCCN2CCCC2)n1. The Kier molecular flexibility index (Phi) is 4.95. The lowest BCUT2D eigenvalue weighted by atomic mass is 10.4. The normalized spacial score (nSPS) is 15.9. The van der Waals surface area contributed by atoms with Gasteiger partial charge in [0.15, 0.2) is 0 Å². The summed E-state index contributed by atoms with van der Waals surface area (Å²) in [6, 6.07) is 0.283. The number of nitrogens with one attached hydrogen (secondary N) is 1. The lowest BCUT2D eigenvalue weighted by Gasteiger charge is -2.14. The van der Waals surface area contributed by atoms with Crippen molar-refractivity contribution in [3.63, 3.8) is 0 Å². The molecule has 1 fully saturated rings. The molecule has 0 aromatic carbocycles. The Balaban J connectivity index is 1.83. The molecule has 0 radical (unpaired) electrons. The molecule has 0 atom stereocenters. The topological polar surface area (TPSA) is 63.2 Å². The third kappa shape index (κ3) is 3.96. The fraction of sp³-hybridized carbons (Fsp3) is 0.727. The number of hydrogen-bond donors (Lipinski definition) is 1. The van der Waals surface area contributed by atoms with Crippen molar-refractivity contribution in [3.05, 3.63) is 5.28 Å². The molecular formula is C11H18ClN5O. The van der Waals surface area contributed by atoms with Crippen LogP contribution in [0.2, 0.25) is 5.28 Å². The molecule has 0 saturated carbocycles. The van der Waals surface area contributed by atoms with E-state index in [1.54, 1.807) is 0 Å². The predicted molar refractivity (Wildman–Crippen MR) is 70.2 cm³/mol. The number of ether oxygens (including phenoxy) is 1. The molecule has 0 bridgehead atoms. The highest BCUT2D eigenvalue weighted by atomic mass is 35.5. The molecule has 1 aromatic rings. The minimum absolute atomic E-state index is 0.150. The molecule has 7 heteroatoms. The summed E-state index contributed by atoms with van der Waals surface area (Å²) >= 11 is 5.80. The number of aromatic nitrogens is 3. The first-order chi connectivity index (χ1) is 8.78. The molecule has 0 unspecified atom stereocenters. The first kappa shape index (κ1) is 13.3. The summed E-state index contributed by atoms with van der Waals surface area (Å²) in [7, 11) is 0. The van der Waals surface area contributed by atoms with E-state index in [-0.39, 0.29) is 11.3 Å². The maximum atomic E-state index is 5.80. The largest absolute Gasteiger partial charge is 0.462 e. The van der Waals surface area contributed by atoms with Crippen LogP contribution in [0.25, 0.3) is 0 Å². The van der Waals surface area contributed by atoms with Gasteiger partial charge < -0.3 is 10.1 Å². The van der Waals surface area contributed by atoms with E-state index in [2.05, 4.69) is 25.2 Å². The zero-order valence-corrected chi connectivity index (χ0v) is 11.3. The van der Waals surface area contributed by atoms with Crippen LogP contribution in [-0.2, 0) is 0 Å². The van der Waals surface area contributed by atoms with Gasteiger partial charge in [-0.2, -0.15) is 15.0 Å². The van der Waals surface area contributed by atoms with Crippen LogP contribution in [0.4, 0.5) is 5.95 Å². The van der Waals surface area contributed by atoms with Gasteiger partial charge in [-0.1, -0.05) is 0 Å². The molecular weight excluding hydrogens is 254 g/mol. The number of hydrogen-bond acceptors (Lipinski definition) is 6. The second-order valence-corrected chi connectivity index (χ2v) is 4.48. The summed E-state index contributed by atoms with van der Waals surface area (Å²) in [5, 5.41) is 3.13. The Hall–Kier alpha value is -1.14. The molecule has 2 rings (SSSR count). The fourth-order valence-corrected chi connectivity index (χ4v) is 2.06. The highest BCUT2D eigenvalue weighted by Crippen LogP contribution is 2.11. The molecule has 18 heavy (non-hydrogen) atoms. The molecule has 1 aliphatic heterocycles. The van der Waals surface area contributed by atoms with Crippen LogP contribution >= 0.6 is 11.6 Å². The minimum Gasteiger partial charge on any atom is -0.462 e. The van der Waals surface area contributed by atoms with Gasteiger partial charge in [-0.25, -0.2) is 0 Å². The first-order valence-electron chi connectivity index (χ1n) is 6.28. The van der Waals surface area contributed by atoms with E-state index in [0.29, 0.717) is 12.6 Å². The zero-order valence-electron chi connectivity index (χ0n) is 10.5. The van der Waals surface area contributed by atoms with Crippen molar-refractivity contribution in [2.45, 2.75) is 19.8 Å². The second-order valence-electron chi connectivity index (χ2n) is 4.14. The van der Waals surface area contributed by atoms with Gasteiger partial charge in [0.1, 0.15) is 6.61 Å². The van der Waals surface area contributed by atoms with Gasteiger partial charge in [0.2, 0.25) is 11.2 Å². The minimum atomic E-state index is 0.150. The van der Waals surface area contributed by atoms with Crippen LogP contribution < -0.4 is 10.1 Å². The highest BCUT2D eigenvalue weighted by Gasteiger charge is 2.11. The zero-order chi connectivity index (χ0) is 12.8. The van der Waals surface area contributed by atoms with Gasteiger partial charge in [-0.3, -0.25) is 4.90 Å². The first-order valence-corrected chi connectivity index (χ1v) is 6.66. The van der Waals surface area contributed by atoms with E-state index in [1.165, 1.54) is 12.8 Å². The van der Waals surface area contributed by atoms with Crippen LogP contribution in [-0.4, -0.2) is 52.6 Å². The maximum Gasteiger partial charge on any atom is 0.322 e. The van der Waals surface area contributed by atoms with E-state index in [4.69, 9.17) is 16.3 Å². The van der Waals surface area contributed by atoms with Crippen molar-refractivity contribution < 1.29 is 4.74 Å². The molecule has 1 aliphatic rings. The average Bonchev–Trinajstić information content (AvgIpc) is 2.82. The number of nitrogens with zero attached hydrogens (tertiary/aromatic N) is 4. The maximum absolute atomic E-state index is 5.80. The van der Waals surface area contributed by atoms with Crippen LogP contribution in [0.5, 0.6) is 6.01 Å². The monoisotopic (exact) mass is 271 g/mol. The second kappa shape index (κ2) is 6.70. The quantitative estimate of drug-likeness (QED) is 0.845. The third-order valence-corrected chi connectivity index (χ3v) is 2.93. The molecule has 1 saturated heterocycles. The summed E-state index contributed by atoms with van der Waals surface area (Å²) in [5.74, 6) is 0.452. The number of likely N-dealkylation sites (tertiary alicyclic amines) is 1. The van der Waals surface area contributed by atoms with Crippen molar-refractivity contribution in [1.29, 1.82) is 0 Å². The number of halogens is 1. The van der Waals surface area contributed by atoms with E-state index >= 15 is 0 Å². The van der Waals surface area contributed by atoms with Crippen LogP contribution in [0.15, 0.2) is 0 Å². The molecule has 1 aromatic heterocycles. The molecule has 0 spiro atoms. The van der Waals surface area contributed by atoms with E-state index in [0.717, 1.165) is 26.2 Å². The Labute approximate surface area is 112 Å². The molecule has 1 N–H and O–H groups in total. The highest BCUT2D eigenvalue weighted by molar-refractivity contribution is 6.28. The van der Waals surface area contributed by atoms with Crippen LogP contribution in [0, 0.1) is 0 Å². The Bertz CT molecular complexity index is 384. The Morgan fingerprint density at radius 3 is 2.78 bits per heavy atom. The fourth-order valence-electron chi connectivity index (χ4n) is 1.91. The molecule has 0 amide bonds. The van der Waals surface area contributed by atoms with Crippen LogP contribution in [0.1, 0.15) is 19.8 Å². The number of rotatable bonds is 6. The smallest absolute Gasteiger partial charge is 0.322 e. The number of anilines is 1. The average molecular weight is 272 g/mol. The predicted octanol–water partition coefficient (Wildman–Crippen LogP) is 1.43. The van der Waals surface area contributed by atoms with Crippen molar-refractivity contribution >= 4 is 17.5 Å². The summed E-state index contributed by atoms with van der Waals surface area (Å²) in [6.07, 6.45) is 2.56. The van der Waals surface area contributed by atoms with Crippen molar-refractivity contribution in [1.82, 2.24) is 19.9 Å². The lowest BCUT2D eigenvalue weighted by Crippen LogP contribution is -2.25. The Morgan fingerprint density at radius 2 is 2.06 bits per heavy atom. The summed E-state index contributed by atoms with van der Waals surface area (Å²) in [5.41, 5.74) is 0. The van der Waals surface area contributed by atoms with E-state index in [9.17, 15) is 0 Å². The summed E-state index contributed by atoms with van der Waals surface area (Å²) in [6.45, 7) is 6.48. The lowest BCUT2D eigenvalue weighted by molar-refractivity contribution is 0.225. The van der Waals surface area contributed by atoms with Crippen molar-refractivity contribution in [2.24, 2.45) is 0 Å². The van der Waals surface area contributed by atoms with Crippen LogP contribution in [0.3, 0.4) is 0 Å². The van der Waals surface area contributed by atoms with Gasteiger partial charge in [0.05, 0.1) is 0 Å². The van der Waals surface area contributed by atoms with Gasteiger partial charge in [-0.15, -0.1) is 0 Å². The molecule has 6 nitrogen and oxygen atoms in total. The van der Waals surface area contributed by atoms with Gasteiger partial charge >= 0.3 is 6.01 Å².